The maximum absolute atomic E-state index is 12.4. The molecule has 15 heavy (non-hydrogen) atoms. The van der Waals surface area contributed by atoms with Gasteiger partial charge in [-0.1, -0.05) is 15.9 Å². The van der Waals surface area contributed by atoms with Gasteiger partial charge in [0.15, 0.2) is 5.03 Å². The van der Waals surface area contributed by atoms with Crippen LogP contribution in [-0.2, 0) is 9.05 Å². The van der Waals surface area contributed by atoms with E-state index in [0.29, 0.717) is 0 Å². The molecule has 1 aromatic heterocycles. The first-order valence-electron chi connectivity index (χ1n) is 3.42. The molecule has 1 heterocycles. The molecule has 2 N–H and O–H groups in total. The summed E-state index contributed by atoms with van der Waals surface area (Å²) in [6.07, 6.45) is -2.85. The van der Waals surface area contributed by atoms with E-state index in [1.54, 1.807) is 0 Å². The second-order valence-electron chi connectivity index (χ2n) is 2.48. The van der Waals surface area contributed by atoms with Crippen molar-refractivity contribution >= 4 is 41.5 Å². The normalized spacial score (nSPS) is 12.1. The number of aromatic nitrogens is 1. The molecule has 0 amide bonds. The Kier molecular flexibility index (Phi) is 3.51. The quantitative estimate of drug-likeness (QED) is 0.848. The zero-order valence-corrected chi connectivity index (χ0v) is 10.1. The van der Waals surface area contributed by atoms with Gasteiger partial charge in [-0.15, -0.1) is 0 Å². The Balaban J connectivity index is 3.45. The van der Waals surface area contributed by atoms with Crippen LogP contribution < -0.4 is 5.73 Å². The van der Waals surface area contributed by atoms with Crippen LogP contribution in [-0.4, -0.2) is 13.4 Å². The molecule has 0 aliphatic heterocycles. The van der Waals surface area contributed by atoms with Crippen molar-refractivity contribution in [3.05, 3.63) is 16.1 Å². The van der Waals surface area contributed by atoms with Gasteiger partial charge in [0.2, 0.25) is 0 Å². The maximum Gasteiger partial charge on any atom is 0.278 e. The summed E-state index contributed by atoms with van der Waals surface area (Å²) < 4.78 is 46.3. The lowest BCUT2D eigenvalue weighted by Crippen LogP contribution is -2.04. The summed E-state index contributed by atoms with van der Waals surface area (Å²) in [5, 5.41) is -0.571. The molecule has 9 heteroatoms. The zero-order chi connectivity index (χ0) is 11.8. The monoisotopic (exact) mass is 320 g/mol. The van der Waals surface area contributed by atoms with Crippen LogP contribution in [0.2, 0.25) is 0 Å². The van der Waals surface area contributed by atoms with Gasteiger partial charge in [-0.05, 0) is 6.07 Å². The highest BCUT2D eigenvalue weighted by molar-refractivity contribution is 9.10. The van der Waals surface area contributed by atoms with Crippen molar-refractivity contribution in [2.45, 2.75) is 11.5 Å². The first-order valence-corrected chi connectivity index (χ1v) is 6.52. The Morgan fingerprint density at radius 2 is 2.07 bits per heavy atom. The van der Waals surface area contributed by atoms with Crippen LogP contribution in [0.3, 0.4) is 0 Å². The fourth-order valence-electron chi connectivity index (χ4n) is 0.861. The van der Waals surface area contributed by atoms with Crippen molar-refractivity contribution in [3.63, 3.8) is 0 Å². The van der Waals surface area contributed by atoms with Crippen LogP contribution in [0.1, 0.15) is 12.0 Å². The van der Waals surface area contributed by atoms with E-state index < -0.39 is 31.9 Å². The molecule has 1 aromatic rings. The lowest BCUT2D eigenvalue weighted by molar-refractivity contribution is 0.151. The number of hydrogen-bond donors (Lipinski definition) is 1. The summed E-state index contributed by atoms with van der Waals surface area (Å²) in [6.45, 7) is 0. The second kappa shape index (κ2) is 4.18. The number of nitrogen functional groups attached to an aromatic ring is 1. The number of rotatable bonds is 2. The molecule has 0 saturated carbocycles. The van der Waals surface area contributed by atoms with Crippen molar-refractivity contribution in [2.75, 3.05) is 5.73 Å². The molecule has 84 valence electrons. The van der Waals surface area contributed by atoms with Crippen molar-refractivity contribution < 1.29 is 17.2 Å². The molecule has 0 aliphatic rings. The van der Waals surface area contributed by atoms with Gasteiger partial charge in [-0.25, -0.2) is 22.2 Å². The first kappa shape index (κ1) is 12.6. The summed E-state index contributed by atoms with van der Waals surface area (Å²) >= 11 is 2.77. The summed E-state index contributed by atoms with van der Waals surface area (Å²) in [6, 6.07) is 0.875. The van der Waals surface area contributed by atoms with Gasteiger partial charge in [-0.2, -0.15) is 0 Å². The van der Waals surface area contributed by atoms with Crippen LogP contribution in [0.15, 0.2) is 15.6 Å². The van der Waals surface area contributed by atoms with E-state index in [9.17, 15) is 17.2 Å². The molecule has 0 radical (unpaired) electrons. The van der Waals surface area contributed by atoms with Gasteiger partial charge in [0.25, 0.3) is 15.5 Å². The fraction of sp³-hybridized carbons (Fsp3) is 0.167. The molecule has 0 fully saturated rings. The third-order valence-electron chi connectivity index (χ3n) is 1.48. The van der Waals surface area contributed by atoms with Crippen LogP contribution >= 0.6 is 26.6 Å². The Morgan fingerprint density at radius 3 is 2.40 bits per heavy atom. The SMILES string of the molecule is Nc1nc(S(=O)(=O)Cl)cc(Br)c1C(F)F. The van der Waals surface area contributed by atoms with E-state index in [0.717, 1.165) is 6.07 Å². The van der Waals surface area contributed by atoms with Crippen LogP contribution in [0.4, 0.5) is 14.6 Å². The smallest absolute Gasteiger partial charge is 0.278 e. The summed E-state index contributed by atoms with van der Waals surface area (Å²) in [7, 11) is 0.896. The fourth-order valence-corrected chi connectivity index (χ4v) is 2.31. The minimum Gasteiger partial charge on any atom is -0.383 e. The van der Waals surface area contributed by atoms with E-state index in [4.69, 9.17) is 16.4 Å². The Morgan fingerprint density at radius 1 is 1.53 bits per heavy atom. The molecule has 0 unspecified atom stereocenters. The number of halogens is 4. The number of alkyl halides is 2. The molecule has 0 bridgehead atoms. The topological polar surface area (TPSA) is 73.0 Å². The number of pyridine rings is 1. The third kappa shape index (κ3) is 2.76. The highest BCUT2D eigenvalue weighted by Gasteiger charge is 2.21. The molecule has 0 aromatic carbocycles. The summed E-state index contributed by atoms with van der Waals surface area (Å²) in [5.41, 5.74) is 4.62. The minimum atomic E-state index is -4.08. The van der Waals surface area contributed by atoms with Gasteiger partial charge >= 0.3 is 0 Å². The Hall–Kier alpha value is -0.470. The maximum atomic E-state index is 12.4. The Labute approximate surface area is 97.0 Å². The van der Waals surface area contributed by atoms with Gasteiger partial charge in [-0.3, -0.25) is 0 Å². The zero-order valence-electron chi connectivity index (χ0n) is 6.92. The average Bonchev–Trinajstić information content (AvgIpc) is 1.99. The highest BCUT2D eigenvalue weighted by atomic mass is 79.9. The molecule has 1 rings (SSSR count). The number of hydrogen-bond acceptors (Lipinski definition) is 4. The molecule has 0 atom stereocenters. The number of nitrogens with zero attached hydrogens (tertiary/aromatic N) is 1. The number of anilines is 1. The summed E-state index contributed by atoms with van der Waals surface area (Å²) in [5.74, 6) is -0.571. The summed E-state index contributed by atoms with van der Waals surface area (Å²) in [4.78, 5) is 3.27. The van der Waals surface area contributed by atoms with Crippen molar-refractivity contribution in [2.24, 2.45) is 0 Å². The standard InChI is InChI=1S/C6H4BrClF2N2O2S/c7-2-1-3(15(8,13)14)12-6(11)4(2)5(9)10/h1,5H,(H2,11,12). The molecule has 0 aliphatic carbocycles. The molecule has 0 saturated heterocycles. The van der Waals surface area contributed by atoms with Crippen molar-refractivity contribution in [1.29, 1.82) is 0 Å². The van der Waals surface area contributed by atoms with E-state index in [1.807, 2.05) is 0 Å². The third-order valence-corrected chi connectivity index (χ3v) is 3.32. The van der Waals surface area contributed by atoms with E-state index in [2.05, 4.69) is 20.9 Å². The van der Waals surface area contributed by atoms with Gasteiger partial charge in [0, 0.05) is 15.2 Å². The van der Waals surface area contributed by atoms with Crippen LogP contribution in [0.5, 0.6) is 0 Å². The minimum absolute atomic E-state index is 0.149. The van der Waals surface area contributed by atoms with Crippen LogP contribution in [0, 0.1) is 0 Å². The second-order valence-corrected chi connectivity index (χ2v) is 5.85. The Bertz CT molecular complexity index is 471. The van der Waals surface area contributed by atoms with Gasteiger partial charge in [0.1, 0.15) is 5.82 Å². The largest absolute Gasteiger partial charge is 0.383 e. The first-order chi connectivity index (χ1) is 6.73. The van der Waals surface area contributed by atoms with E-state index >= 15 is 0 Å². The van der Waals surface area contributed by atoms with Gasteiger partial charge < -0.3 is 5.73 Å². The molecule has 4 nitrogen and oxygen atoms in total. The van der Waals surface area contributed by atoms with Crippen molar-refractivity contribution in [1.82, 2.24) is 4.98 Å². The van der Waals surface area contributed by atoms with Crippen molar-refractivity contribution in [3.8, 4) is 0 Å². The predicted octanol–water partition coefficient (Wildman–Crippen LogP) is 2.29. The highest BCUT2D eigenvalue weighted by Crippen LogP contribution is 2.33. The lowest BCUT2D eigenvalue weighted by atomic mass is 10.3. The lowest BCUT2D eigenvalue weighted by Gasteiger charge is -2.07. The molecule has 0 spiro atoms. The molecular formula is C6H4BrClF2N2O2S. The van der Waals surface area contributed by atoms with Gasteiger partial charge in [0.05, 0.1) is 5.56 Å². The van der Waals surface area contributed by atoms with Crippen LogP contribution in [0.25, 0.3) is 0 Å². The predicted molar refractivity (Wildman–Crippen MR) is 54.3 cm³/mol. The molecular weight excluding hydrogens is 317 g/mol. The van der Waals surface area contributed by atoms with E-state index in [1.165, 1.54) is 0 Å². The number of nitrogens with two attached hydrogens (primary N) is 1. The van der Waals surface area contributed by atoms with E-state index in [-0.39, 0.29) is 4.47 Å². The average molecular weight is 322 g/mol.